The number of furan rings is 1. The van der Waals surface area contributed by atoms with Crippen LogP contribution in [-0.4, -0.2) is 0 Å². The van der Waals surface area contributed by atoms with Crippen LogP contribution in [0.5, 0.6) is 0 Å². The summed E-state index contributed by atoms with van der Waals surface area (Å²) in [6, 6.07) is 9.98. The Kier molecular flexibility index (Phi) is 3.71. The van der Waals surface area contributed by atoms with E-state index in [4.69, 9.17) is 4.42 Å². The number of benzene rings is 1. The van der Waals surface area contributed by atoms with Crippen LogP contribution in [0.25, 0.3) is 0 Å². The summed E-state index contributed by atoms with van der Waals surface area (Å²) in [6.07, 6.45) is 0. The number of hydrogen-bond acceptors (Lipinski definition) is 2. The topological polar surface area (TPSA) is 25.2 Å². The molecule has 1 heterocycles. The van der Waals surface area contributed by atoms with E-state index in [0.29, 0.717) is 6.54 Å². The summed E-state index contributed by atoms with van der Waals surface area (Å²) < 4.78 is 7.57. The number of halogens is 2. The predicted molar refractivity (Wildman–Crippen MR) is 72.6 cm³/mol. The average Bonchev–Trinajstić information content (AvgIpc) is 2.63. The molecule has 0 bridgehead atoms. The summed E-state index contributed by atoms with van der Waals surface area (Å²) >= 11 is 6.92. The summed E-state index contributed by atoms with van der Waals surface area (Å²) in [5.74, 6) is 1.87. The zero-order valence-corrected chi connectivity index (χ0v) is 11.9. The summed E-state index contributed by atoms with van der Waals surface area (Å²) in [5, 5.41) is 3.31. The maximum Gasteiger partial charge on any atom is 0.123 e. The van der Waals surface area contributed by atoms with Crippen molar-refractivity contribution in [2.24, 2.45) is 0 Å². The van der Waals surface area contributed by atoms with Crippen LogP contribution in [0.4, 0.5) is 5.69 Å². The van der Waals surface area contributed by atoms with Gasteiger partial charge in [-0.1, -0.05) is 15.9 Å². The molecule has 0 aliphatic heterocycles. The van der Waals surface area contributed by atoms with Crippen LogP contribution in [0.3, 0.4) is 0 Å². The number of rotatable bonds is 3. The zero-order chi connectivity index (χ0) is 11.5. The Balaban J connectivity index is 2.04. The van der Waals surface area contributed by atoms with E-state index < -0.39 is 0 Å². The molecule has 2 nitrogen and oxygen atoms in total. The van der Waals surface area contributed by atoms with Crippen molar-refractivity contribution in [1.29, 1.82) is 0 Å². The van der Waals surface area contributed by atoms with Crippen molar-refractivity contribution in [1.82, 2.24) is 0 Å². The van der Waals surface area contributed by atoms with Gasteiger partial charge in [0.15, 0.2) is 0 Å². The largest absolute Gasteiger partial charge is 0.465 e. The third-order valence-corrected chi connectivity index (χ3v) is 3.33. The van der Waals surface area contributed by atoms with Gasteiger partial charge in [-0.3, -0.25) is 0 Å². The van der Waals surface area contributed by atoms with E-state index >= 15 is 0 Å². The van der Waals surface area contributed by atoms with Crippen LogP contribution in [0.1, 0.15) is 11.5 Å². The van der Waals surface area contributed by atoms with Crippen molar-refractivity contribution in [3.63, 3.8) is 0 Å². The summed E-state index contributed by atoms with van der Waals surface area (Å²) in [6.45, 7) is 2.63. The first-order valence-corrected chi connectivity index (χ1v) is 6.48. The smallest absolute Gasteiger partial charge is 0.123 e. The maximum absolute atomic E-state index is 5.48. The van der Waals surface area contributed by atoms with Gasteiger partial charge in [0.1, 0.15) is 11.5 Å². The third-order valence-electron chi connectivity index (χ3n) is 2.18. The molecule has 0 aliphatic rings. The molecule has 1 N–H and O–H groups in total. The van der Waals surface area contributed by atoms with Gasteiger partial charge in [-0.05, 0) is 53.2 Å². The van der Waals surface area contributed by atoms with Gasteiger partial charge < -0.3 is 9.73 Å². The fraction of sp³-hybridized carbons (Fsp3) is 0.167. The highest BCUT2D eigenvalue weighted by Gasteiger charge is 2.02. The fourth-order valence-electron chi connectivity index (χ4n) is 1.40. The lowest BCUT2D eigenvalue weighted by Gasteiger charge is -2.07. The van der Waals surface area contributed by atoms with Gasteiger partial charge in [0.2, 0.25) is 0 Å². The SMILES string of the molecule is Cc1ccc(CNc2ccc(Br)cc2Br)o1. The Bertz CT molecular complexity index is 494. The minimum Gasteiger partial charge on any atom is -0.465 e. The van der Waals surface area contributed by atoms with Crippen LogP contribution < -0.4 is 5.32 Å². The number of aryl methyl sites for hydroxylation is 1. The van der Waals surface area contributed by atoms with Gasteiger partial charge in [0.05, 0.1) is 6.54 Å². The van der Waals surface area contributed by atoms with E-state index in [1.165, 1.54) is 0 Å². The van der Waals surface area contributed by atoms with Crippen LogP contribution in [0, 0.1) is 6.92 Å². The highest BCUT2D eigenvalue weighted by atomic mass is 79.9. The molecule has 0 fully saturated rings. The van der Waals surface area contributed by atoms with Crippen LogP contribution in [0.15, 0.2) is 43.7 Å². The Morgan fingerprint density at radius 1 is 1.19 bits per heavy atom. The third kappa shape index (κ3) is 2.89. The van der Waals surface area contributed by atoms with E-state index in [-0.39, 0.29) is 0 Å². The normalized spacial score (nSPS) is 10.4. The van der Waals surface area contributed by atoms with Gasteiger partial charge in [-0.15, -0.1) is 0 Å². The Morgan fingerprint density at radius 3 is 2.62 bits per heavy atom. The monoisotopic (exact) mass is 343 g/mol. The number of hydrogen-bond donors (Lipinski definition) is 1. The second-order valence-corrected chi connectivity index (χ2v) is 5.26. The summed E-state index contributed by atoms with van der Waals surface area (Å²) in [5.41, 5.74) is 1.05. The second-order valence-electron chi connectivity index (χ2n) is 3.49. The lowest BCUT2D eigenvalue weighted by Crippen LogP contribution is -1.98. The van der Waals surface area contributed by atoms with Crippen LogP contribution in [0.2, 0.25) is 0 Å². The van der Waals surface area contributed by atoms with Gasteiger partial charge in [-0.2, -0.15) is 0 Å². The first-order valence-electron chi connectivity index (χ1n) is 4.89. The van der Waals surface area contributed by atoms with Gasteiger partial charge >= 0.3 is 0 Å². The van der Waals surface area contributed by atoms with Crippen molar-refractivity contribution < 1.29 is 4.42 Å². The van der Waals surface area contributed by atoms with E-state index in [2.05, 4.69) is 37.2 Å². The van der Waals surface area contributed by atoms with E-state index in [1.807, 2.05) is 37.3 Å². The molecule has 0 saturated carbocycles. The maximum atomic E-state index is 5.48. The molecule has 0 spiro atoms. The van der Waals surface area contributed by atoms with Crippen molar-refractivity contribution in [2.45, 2.75) is 13.5 Å². The molecule has 16 heavy (non-hydrogen) atoms. The van der Waals surface area contributed by atoms with Gasteiger partial charge in [0, 0.05) is 14.6 Å². The highest BCUT2D eigenvalue weighted by Crippen LogP contribution is 2.26. The fourth-order valence-corrected chi connectivity index (χ4v) is 2.58. The lowest BCUT2D eigenvalue weighted by atomic mass is 10.3. The molecule has 0 radical (unpaired) electrons. The molecular weight excluding hydrogens is 334 g/mol. The molecule has 1 aromatic carbocycles. The number of nitrogens with one attached hydrogen (secondary N) is 1. The van der Waals surface area contributed by atoms with Crippen molar-refractivity contribution in [2.75, 3.05) is 5.32 Å². The Hall–Kier alpha value is -0.740. The molecule has 4 heteroatoms. The molecule has 0 unspecified atom stereocenters. The molecule has 0 saturated heterocycles. The highest BCUT2D eigenvalue weighted by molar-refractivity contribution is 9.11. The predicted octanol–water partition coefficient (Wildman–Crippen LogP) is 4.73. The molecular formula is C12H11Br2NO. The minimum atomic E-state index is 0.689. The standard InChI is InChI=1S/C12H11Br2NO/c1-8-2-4-10(16-8)7-15-12-5-3-9(13)6-11(12)14/h2-6,15H,7H2,1H3. The van der Waals surface area contributed by atoms with E-state index in [9.17, 15) is 0 Å². The second kappa shape index (κ2) is 5.06. The van der Waals surface area contributed by atoms with Crippen LogP contribution >= 0.6 is 31.9 Å². The Morgan fingerprint density at radius 2 is 2.00 bits per heavy atom. The molecule has 2 aromatic rings. The average molecular weight is 345 g/mol. The zero-order valence-electron chi connectivity index (χ0n) is 8.76. The molecule has 0 atom stereocenters. The molecule has 1 aromatic heterocycles. The van der Waals surface area contributed by atoms with Crippen LogP contribution in [-0.2, 0) is 6.54 Å². The summed E-state index contributed by atoms with van der Waals surface area (Å²) in [4.78, 5) is 0. The first-order chi connectivity index (χ1) is 7.65. The van der Waals surface area contributed by atoms with Crippen molar-refractivity contribution in [3.8, 4) is 0 Å². The van der Waals surface area contributed by atoms with Gasteiger partial charge in [0.25, 0.3) is 0 Å². The molecule has 2 rings (SSSR count). The van der Waals surface area contributed by atoms with E-state index in [1.54, 1.807) is 0 Å². The van der Waals surface area contributed by atoms with Gasteiger partial charge in [-0.25, -0.2) is 0 Å². The number of anilines is 1. The Labute approximate surface area is 111 Å². The van der Waals surface area contributed by atoms with Crippen molar-refractivity contribution >= 4 is 37.5 Å². The molecule has 84 valence electrons. The molecule has 0 amide bonds. The lowest BCUT2D eigenvalue weighted by molar-refractivity contribution is 0.490. The minimum absolute atomic E-state index is 0.689. The molecule has 0 aliphatic carbocycles. The summed E-state index contributed by atoms with van der Waals surface area (Å²) in [7, 11) is 0. The quantitative estimate of drug-likeness (QED) is 0.871. The van der Waals surface area contributed by atoms with Crippen molar-refractivity contribution in [3.05, 3.63) is 50.8 Å². The first kappa shape index (κ1) is 11.7. The van der Waals surface area contributed by atoms with E-state index in [0.717, 1.165) is 26.2 Å².